The van der Waals surface area contributed by atoms with Gasteiger partial charge in [0.05, 0.1) is 18.7 Å². The molecular weight excluding hydrogens is 436 g/mol. The van der Waals surface area contributed by atoms with Crippen molar-refractivity contribution in [3.63, 3.8) is 0 Å². The zero-order valence-electron chi connectivity index (χ0n) is 18.5. The van der Waals surface area contributed by atoms with Gasteiger partial charge in [-0.2, -0.15) is 5.26 Å². The molecule has 8 nitrogen and oxygen atoms in total. The van der Waals surface area contributed by atoms with Crippen LogP contribution in [0.25, 0.3) is 10.8 Å². The van der Waals surface area contributed by atoms with Crippen molar-refractivity contribution < 1.29 is 33.6 Å². The quantitative estimate of drug-likeness (QED) is 0.471. The van der Waals surface area contributed by atoms with Gasteiger partial charge >= 0.3 is 0 Å². The van der Waals surface area contributed by atoms with Gasteiger partial charge in [-0.3, -0.25) is 4.79 Å². The number of hydrogen-bond acceptors (Lipinski definition) is 6. The maximum atomic E-state index is 15.7. The van der Waals surface area contributed by atoms with Crippen LogP contribution in [0.5, 0.6) is 0 Å². The Hall–Kier alpha value is -2.58. The molecule has 180 valence electrons. The second-order valence-electron chi connectivity index (χ2n) is 8.48. The number of benzene rings is 1. The summed E-state index contributed by atoms with van der Waals surface area (Å²) in [5, 5.41) is 43.5. The normalized spacial score (nSPS) is 29.4. The zero-order chi connectivity index (χ0) is 24.3. The molecule has 2 heterocycles. The molecule has 0 radical (unpaired) electrons. The molecule has 0 aliphatic carbocycles. The van der Waals surface area contributed by atoms with Crippen LogP contribution in [-0.2, 0) is 9.53 Å². The van der Waals surface area contributed by atoms with Gasteiger partial charge < -0.3 is 29.9 Å². The molecule has 3 rings (SSSR count). The first kappa shape index (κ1) is 25.1. The lowest BCUT2D eigenvalue weighted by molar-refractivity contribution is -0.278. The van der Waals surface area contributed by atoms with Crippen molar-refractivity contribution >= 4 is 16.7 Å². The van der Waals surface area contributed by atoms with Crippen LogP contribution in [0.3, 0.4) is 0 Å². The molecule has 33 heavy (non-hydrogen) atoms. The van der Waals surface area contributed by atoms with Crippen molar-refractivity contribution in [2.24, 2.45) is 0 Å². The topological polar surface area (TPSA) is 128 Å². The van der Waals surface area contributed by atoms with Crippen LogP contribution < -0.4 is 5.32 Å². The molecule has 7 atom stereocenters. The summed E-state index contributed by atoms with van der Waals surface area (Å²) in [7, 11) is 0. The minimum atomic E-state index is -2.92. The number of alkyl halides is 2. The number of hydrogen-bond donors (Lipinski definition) is 4. The van der Waals surface area contributed by atoms with E-state index in [9.17, 15) is 25.4 Å². The molecule has 4 N–H and O–H groups in total. The molecule has 1 aliphatic heterocycles. The largest absolute Gasteiger partial charge is 0.394 e. The highest BCUT2D eigenvalue weighted by Crippen LogP contribution is 2.42. The molecule has 10 heteroatoms. The number of aliphatic hydroxyl groups excluding tert-OH is 3. The third-order valence-electron chi connectivity index (χ3n) is 6.06. The molecule has 1 aromatic carbocycles. The number of ether oxygens (including phenoxy) is 1. The predicted octanol–water partition coefficient (Wildman–Crippen LogP) is 1.87. The monoisotopic (exact) mass is 465 g/mol. The Morgan fingerprint density at radius 3 is 2.73 bits per heavy atom. The third-order valence-corrected chi connectivity index (χ3v) is 6.06. The van der Waals surface area contributed by atoms with Gasteiger partial charge in [-0.1, -0.05) is 37.6 Å². The molecule has 1 aromatic heterocycles. The lowest BCUT2D eigenvalue weighted by Gasteiger charge is -2.48. The van der Waals surface area contributed by atoms with E-state index in [1.54, 1.807) is 24.3 Å². The average molecular weight is 465 g/mol. The van der Waals surface area contributed by atoms with E-state index < -0.39 is 54.9 Å². The fraction of sp³-hybridized carbons (Fsp3) is 0.565. The molecule has 2 unspecified atom stereocenters. The molecular formula is C23H29F2N3O5. The van der Waals surface area contributed by atoms with Crippen LogP contribution in [0.2, 0.25) is 0 Å². The van der Waals surface area contributed by atoms with Crippen LogP contribution in [0.4, 0.5) is 8.78 Å². The number of aliphatic hydroxyl groups is 3. The summed E-state index contributed by atoms with van der Waals surface area (Å²) in [6.07, 6.45) is -4.64. The summed E-state index contributed by atoms with van der Waals surface area (Å²) >= 11 is 0. The number of fused-ring (bicyclic) bond motifs is 1. The Morgan fingerprint density at radius 2 is 2.09 bits per heavy atom. The summed E-state index contributed by atoms with van der Waals surface area (Å²) in [5.41, 5.74) is 0.0553. The summed E-state index contributed by atoms with van der Waals surface area (Å²) < 4.78 is 37.4. The smallest absolute Gasteiger partial charge is 0.240 e. The number of amides is 1. The van der Waals surface area contributed by atoms with Gasteiger partial charge in [0.1, 0.15) is 30.1 Å². The van der Waals surface area contributed by atoms with Crippen molar-refractivity contribution in [1.29, 1.82) is 5.26 Å². The van der Waals surface area contributed by atoms with Crippen molar-refractivity contribution in [2.45, 2.75) is 75.5 Å². The van der Waals surface area contributed by atoms with Crippen molar-refractivity contribution in [3.05, 3.63) is 36.2 Å². The Bertz CT molecular complexity index is 1020. The Morgan fingerprint density at radius 1 is 1.39 bits per heavy atom. The fourth-order valence-electron chi connectivity index (χ4n) is 4.30. The number of nitriles is 1. The Kier molecular flexibility index (Phi) is 7.69. The summed E-state index contributed by atoms with van der Waals surface area (Å²) in [5.74, 6) is -3.39. The third kappa shape index (κ3) is 4.87. The number of carbonyl (C=O) groups excluding carboxylic acids is 1. The molecule has 1 saturated heterocycles. The summed E-state index contributed by atoms with van der Waals surface area (Å²) in [6, 6.07) is 6.01. The Balaban J connectivity index is 2.15. The van der Waals surface area contributed by atoms with E-state index in [1.807, 2.05) is 13.0 Å². The van der Waals surface area contributed by atoms with Crippen LogP contribution in [0, 0.1) is 11.3 Å². The maximum absolute atomic E-state index is 15.7. The van der Waals surface area contributed by atoms with Gasteiger partial charge in [0.15, 0.2) is 6.17 Å². The summed E-state index contributed by atoms with van der Waals surface area (Å²) in [4.78, 5) is 12.6. The number of aromatic nitrogens is 1. The first-order chi connectivity index (χ1) is 15.7. The van der Waals surface area contributed by atoms with Crippen molar-refractivity contribution in [2.75, 3.05) is 6.61 Å². The molecule has 1 fully saturated rings. The first-order valence-electron chi connectivity index (χ1n) is 10.9. The van der Waals surface area contributed by atoms with E-state index in [0.717, 1.165) is 13.3 Å². The molecule has 0 bridgehead atoms. The minimum Gasteiger partial charge on any atom is -0.394 e. The van der Waals surface area contributed by atoms with Gasteiger partial charge in [-0.05, 0) is 13.3 Å². The van der Waals surface area contributed by atoms with Gasteiger partial charge in [-0.15, -0.1) is 0 Å². The Labute approximate surface area is 190 Å². The van der Waals surface area contributed by atoms with Gasteiger partial charge in [0.2, 0.25) is 11.8 Å². The molecule has 0 saturated carbocycles. The second kappa shape index (κ2) is 10.1. The van der Waals surface area contributed by atoms with Crippen LogP contribution in [-0.4, -0.2) is 68.8 Å². The first-order valence-corrected chi connectivity index (χ1v) is 10.9. The van der Waals surface area contributed by atoms with E-state index >= 15 is 8.78 Å². The molecule has 1 amide bonds. The molecule has 2 aromatic rings. The highest BCUT2D eigenvalue weighted by molar-refractivity contribution is 5.87. The van der Waals surface area contributed by atoms with Crippen LogP contribution in [0.15, 0.2) is 30.5 Å². The van der Waals surface area contributed by atoms with Gasteiger partial charge in [0.25, 0.3) is 0 Å². The van der Waals surface area contributed by atoms with E-state index in [2.05, 4.69) is 5.32 Å². The fourth-order valence-corrected chi connectivity index (χ4v) is 4.30. The van der Waals surface area contributed by atoms with Crippen LogP contribution >= 0.6 is 0 Å². The van der Waals surface area contributed by atoms with Crippen molar-refractivity contribution in [3.8, 4) is 6.07 Å². The molecule has 1 aliphatic rings. The highest BCUT2D eigenvalue weighted by atomic mass is 19.2. The second-order valence-corrected chi connectivity index (χ2v) is 8.48. The van der Waals surface area contributed by atoms with Crippen molar-refractivity contribution in [1.82, 2.24) is 9.88 Å². The lowest BCUT2D eigenvalue weighted by Crippen LogP contribution is -2.66. The number of unbranched alkanes of at least 4 members (excludes halogenated alkanes) is 1. The van der Waals surface area contributed by atoms with Gasteiger partial charge in [-0.25, -0.2) is 8.78 Å². The maximum Gasteiger partial charge on any atom is 0.240 e. The predicted molar refractivity (Wildman–Crippen MR) is 116 cm³/mol. The van der Waals surface area contributed by atoms with E-state index in [4.69, 9.17) is 4.74 Å². The van der Waals surface area contributed by atoms with Gasteiger partial charge in [0, 0.05) is 23.4 Å². The lowest BCUT2D eigenvalue weighted by atomic mass is 9.86. The molecule has 0 spiro atoms. The summed E-state index contributed by atoms with van der Waals surface area (Å²) in [6.45, 7) is 1.88. The van der Waals surface area contributed by atoms with E-state index in [-0.39, 0.29) is 12.1 Å². The minimum absolute atomic E-state index is 0.0553. The van der Waals surface area contributed by atoms with E-state index in [1.165, 1.54) is 10.8 Å². The average Bonchev–Trinajstić information content (AvgIpc) is 3.17. The number of nitrogens with zero attached hydrogens (tertiary/aromatic N) is 2. The number of rotatable bonds is 8. The zero-order valence-corrected chi connectivity index (χ0v) is 18.5. The number of halogens is 2. The van der Waals surface area contributed by atoms with E-state index in [0.29, 0.717) is 17.2 Å². The SMILES string of the molecule is CCCCC(=O)N[C@H]1[C@H]([C@H](O)[C@H](O)CO)OC(C)(F)C(F)[C@@H]1n1cc2ccccc2c1C#N. The number of carbonyl (C=O) groups is 1. The number of nitrogens with one attached hydrogen (secondary N) is 1. The van der Waals surface area contributed by atoms with Crippen LogP contribution in [0.1, 0.15) is 44.8 Å². The standard InChI is InChI=1S/C23H29F2N3O5/c1-3-4-9-17(31)27-18-19(28-11-13-7-5-6-8-14(13)15(28)10-26)22(24)23(2,25)33-21(18)20(32)16(30)12-29/h5-8,11,16,18-22,29-30,32H,3-4,9,12H2,1-2H3,(H,27,31)/t16-,18-,19-,20-,21-,22?,23?/m1/s1. The highest BCUT2D eigenvalue weighted by Gasteiger charge is 2.57.